The zero-order valence-corrected chi connectivity index (χ0v) is 11.9. The van der Waals surface area contributed by atoms with Crippen LogP contribution in [0.5, 0.6) is 0 Å². The third kappa shape index (κ3) is 3.07. The SMILES string of the molecule is Nc1cc(Br)ccc1C(=O)N1CCCC(C(=O)O)C1. The number of carboxylic acid groups (broad SMARTS) is 1. The number of likely N-dealkylation sites (tertiary alicyclic amines) is 1. The molecule has 3 N–H and O–H groups in total. The van der Waals surface area contributed by atoms with Gasteiger partial charge in [-0.1, -0.05) is 15.9 Å². The predicted molar refractivity (Wildman–Crippen MR) is 74.8 cm³/mol. The minimum atomic E-state index is -0.846. The summed E-state index contributed by atoms with van der Waals surface area (Å²) >= 11 is 3.29. The van der Waals surface area contributed by atoms with Crippen molar-refractivity contribution in [1.29, 1.82) is 0 Å². The van der Waals surface area contributed by atoms with Crippen LogP contribution in [-0.4, -0.2) is 35.0 Å². The van der Waals surface area contributed by atoms with Crippen molar-refractivity contribution < 1.29 is 14.7 Å². The highest BCUT2D eigenvalue weighted by atomic mass is 79.9. The van der Waals surface area contributed by atoms with E-state index >= 15 is 0 Å². The van der Waals surface area contributed by atoms with E-state index in [-0.39, 0.29) is 12.5 Å². The Balaban J connectivity index is 2.17. The van der Waals surface area contributed by atoms with Crippen molar-refractivity contribution in [2.24, 2.45) is 5.92 Å². The number of hydrogen-bond donors (Lipinski definition) is 2. The van der Waals surface area contributed by atoms with Crippen LogP contribution < -0.4 is 5.73 Å². The molecule has 0 radical (unpaired) electrons. The van der Waals surface area contributed by atoms with Crippen LogP contribution in [0.4, 0.5) is 5.69 Å². The number of hydrogen-bond acceptors (Lipinski definition) is 3. The van der Waals surface area contributed by atoms with Crippen molar-refractivity contribution in [2.75, 3.05) is 18.8 Å². The lowest BCUT2D eigenvalue weighted by atomic mass is 9.97. The second-order valence-electron chi connectivity index (χ2n) is 4.66. The van der Waals surface area contributed by atoms with Gasteiger partial charge in [-0.3, -0.25) is 9.59 Å². The Morgan fingerprint density at radius 2 is 2.16 bits per heavy atom. The highest BCUT2D eigenvalue weighted by Gasteiger charge is 2.29. The normalized spacial score (nSPS) is 19.2. The first-order valence-electron chi connectivity index (χ1n) is 6.06. The average molecular weight is 327 g/mol. The molecule has 0 aromatic heterocycles. The van der Waals surface area contributed by atoms with Gasteiger partial charge in [-0.25, -0.2) is 0 Å². The molecule has 1 amide bonds. The molecular weight excluding hydrogens is 312 g/mol. The quantitative estimate of drug-likeness (QED) is 0.814. The van der Waals surface area contributed by atoms with E-state index < -0.39 is 11.9 Å². The van der Waals surface area contributed by atoms with Gasteiger partial charge in [0.2, 0.25) is 0 Å². The highest BCUT2D eigenvalue weighted by molar-refractivity contribution is 9.10. The molecule has 1 saturated heterocycles. The Kier molecular flexibility index (Phi) is 4.09. The molecular formula is C13H15BrN2O3. The standard InChI is InChI=1S/C13H15BrN2O3/c14-9-3-4-10(11(15)6-9)12(17)16-5-1-2-8(7-16)13(18)19/h3-4,6,8H,1-2,5,7,15H2,(H,18,19). The van der Waals surface area contributed by atoms with E-state index in [2.05, 4.69) is 15.9 Å². The van der Waals surface area contributed by atoms with Crippen LogP contribution in [0.3, 0.4) is 0 Å². The molecule has 102 valence electrons. The van der Waals surface area contributed by atoms with Crippen molar-refractivity contribution in [3.63, 3.8) is 0 Å². The number of benzene rings is 1. The first-order valence-corrected chi connectivity index (χ1v) is 6.85. The molecule has 1 aliphatic rings. The summed E-state index contributed by atoms with van der Waals surface area (Å²) in [5.74, 6) is -1.52. The number of nitrogen functional groups attached to an aromatic ring is 1. The van der Waals surface area contributed by atoms with Gasteiger partial charge in [0, 0.05) is 23.2 Å². The van der Waals surface area contributed by atoms with Gasteiger partial charge in [-0.15, -0.1) is 0 Å². The number of aliphatic carboxylic acids is 1. The molecule has 19 heavy (non-hydrogen) atoms. The summed E-state index contributed by atoms with van der Waals surface area (Å²) in [6, 6.07) is 5.08. The molecule has 1 aliphatic heterocycles. The first-order chi connectivity index (χ1) is 8.99. The van der Waals surface area contributed by atoms with Gasteiger partial charge in [0.05, 0.1) is 11.5 Å². The second kappa shape index (κ2) is 5.61. The molecule has 0 saturated carbocycles. The maximum atomic E-state index is 12.3. The molecule has 1 aromatic carbocycles. The summed E-state index contributed by atoms with van der Waals surface area (Å²) < 4.78 is 0.809. The van der Waals surface area contributed by atoms with Gasteiger partial charge >= 0.3 is 5.97 Å². The van der Waals surface area contributed by atoms with Gasteiger partial charge in [0.25, 0.3) is 5.91 Å². The maximum absolute atomic E-state index is 12.3. The smallest absolute Gasteiger partial charge is 0.308 e. The molecule has 2 rings (SSSR count). The van der Waals surface area contributed by atoms with E-state index in [9.17, 15) is 9.59 Å². The van der Waals surface area contributed by atoms with Gasteiger partial charge in [-0.2, -0.15) is 0 Å². The van der Waals surface area contributed by atoms with Gasteiger partial charge in [0.15, 0.2) is 0 Å². The summed E-state index contributed by atoms with van der Waals surface area (Å²) in [5.41, 5.74) is 6.65. The molecule has 1 aromatic rings. The number of carbonyl (C=O) groups excluding carboxylic acids is 1. The Bertz CT molecular complexity index is 519. The minimum absolute atomic E-state index is 0.198. The molecule has 5 nitrogen and oxygen atoms in total. The third-order valence-corrected chi connectivity index (χ3v) is 3.80. The summed E-state index contributed by atoms with van der Waals surface area (Å²) in [7, 11) is 0. The summed E-state index contributed by atoms with van der Waals surface area (Å²) in [4.78, 5) is 24.9. The molecule has 0 spiro atoms. The number of amides is 1. The first kappa shape index (κ1) is 13.9. The fourth-order valence-corrected chi connectivity index (χ4v) is 2.64. The predicted octanol–water partition coefficient (Wildman–Crippen LogP) is 1.97. The lowest BCUT2D eigenvalue weighted by Crippen LogP contribution is -2.42. The van der Waals surface area contributed by atoms with E-state index in [4.69, 9.17) is 10.8 Å². The van der Waals surface area contributed by atoms with Crippen LogP contribution in [0, 0.1) is 5.92 Å². The van der Waals surface area contributed by atoms with Crippen molar-refractivity contribution >= 4 is 33.5 Å². The zero-order valence-electron chi connectivity index (χ0n) is 10.3. The number of piperidine rings is 1. The Morgan fingerprint density at radius 3 is 2.79 bits per heavy atom. The van der Waals surface area contributed by atoms with Gasteiger partial charge < -0.3 is 15.7 Å². The molecule has 1 fully saturated rings. The lowest BCUT2D eigenvalue weighted by Gasteiger charge is -2.31. The van der Waals surface area contributed by atoms with Crippen molar-refractivity contribution in [3.05, 3.63) is 28.2 Å². The molecule has 6 heteroatoms. The lowest BCUT2D eigenvalue weighted by molar-refractivity contribution is -0.143. The van der Waals surface area contributed by atoms with Crippen molar-refractivity contribution in [3.8, 4) is 0 Å². The van der Waals surface area contributed by atoms with Crippen LogP contribution in [-0.2, 0) is 4.79 Å². The third-order valence-electron chi connectivity index (χ3n) is 3.30. The zero-order chi connectivity index (χ0) is 14.0. The van der Waals surface area contributed by atoms with E-state index in [1.165, 1.54) is 0 Å². The largest absolute Gasteiger partial charge is 0.481 e. The Morgan fingerprint density at radius 1 is 1.42 bits per heavy atom. The summed E-state index contributed by atoms with van der Waals surface area (Å²) in [6.45, 7) is 0.835. The van der Waals surface area contributed by atoms with E-state index in [0.717, 1.165) is 4.47 Å². The molecule has 0 aliphatic carbocycles. The van der Waals surface area contributed by atoms with Crippen molar-refractivity contribution in [1.82, 2.24) is 4.90 Å². The van der Waals surface area contributed by atoms with Crippen LogP contribution in [0.15, 0.2) is 22.7 Å². The topological polar surface area (TPSA) is 83.6 Å². The minimum Gasteiger partial charge on any atom is -0.481 e. The van der Waals surface area contributed by atoms with Crippen LogP contribution in [0.1, 0.15) is 23.2 Å². The fraction of sp³-hybridized carbons (Fsp3) is 0.385. The monoisotopic (exact) mass is 326 g/mol. The van der Waals surface area contributed by atoms with Crippen molar-refractivity contribution in [2.45, 2.75) is 12.8 Å². The maximum Gasteiger partial charge on any atom is 0.308 e. The number of rotatable bonds is 2. The van der Waals surface area contributed by atoms with Crippen LogP contribution in [0.25, 0.3) is 0 Å². The molecule has 1 unspecified atom stereocenters. The number of anilines is 1. The molecule has 1 atom stereocenters. The van der Waals surface area contributed by atoms with E-state index in [1.54, 1.807) is 23.1 Å². The van der Waals surface area contributed by atoms with Crippen LogP contribution >= 0.6 is 15.9 Å². The van der Waals surface area contributed by atoms with Crippen LogP contribution in [0.2, 0.25) is 0 Å². The molecule has 0 bridgehead atoms. The van der Waals surface area contributed by atoms with E-state index in [1.807, 2.05) is 0 Å². The summed E-state index contributed by atoms with van der Waals surface area (Å²) in [5, 5.41) is 9.03. The Labute approximate surface area is 119 Å². The highest BCUT2D eigenvalue weighted by Crippen LogP contribution is 2.23. The number of carbonyl (C=O) groups is 2. The van der Waals surface area contributed by atoms with Gasteiger partial charge in [-0.05, 0) is 31.0 Å². The number of nitrogens with zero attached hydrogens (tertiary/aromatic N) is 1. The summed E-state index contributed by atoms with van der Waals surface area (Å²) in [6.07, 6.45) is 1.33. The van der Waals surface area contributed by atoms with Gasteiger partial charge in [0.1, 0.15) is 0 Å². The number of halogens is 1. The second-order valence-corrected chi connectivity index (χ2v) is 5.58. The Hall–Kier alpha value is -1.56. The average Bonchev–Trinajstić information content (AvgIpc) is 2.38. The van der Waals surface area contributed by atoms with E-state index in [0.29, 0.717) is 30.6 Å². The number of nitrogens with two attached hydrogens (primary N) is 1. The number of carboxylic acids is 1. The fourth-order valence-electron chi connectivity index (χ4n) is 2.26. The molecule has 1 heterocycles.